The highest BCUT2D eigenvalue weighted by Gasteiger charge is 2.34. The van der Waals surface area contributed by atoms with Gasteiger partial charge in [-0.25, -0.2) is 9.59 Å². The maximum Gasteiger partial charge on any atom is 0.333 e. The third-order valence-corrected chi connectivity index (χ3v) is 8.26. The van der Waals surface area contributed by atoms with E-state index in [1.165, 1.54) is 13.2 Å². The number of carbonyl (C=O) groups excluding carboxylic acids is 3. The summed E-state index contributed by atoms with van der Waals surface area (Å²) < 4.78 is 15.2. The first kappa shape index (κ1) is 40.6. The van der Waals surface area contributed by atoms with Crippen LogP contribution < -0.4 is 0 Å². The van der Waals surface area contributed by atoms with E-state index < -0.39 is 30.7 Å². The quantitative estimate of drug-likeness (QED) is 0.0479. The summed E-state index contributed by atoms with van der Waals surface area (Å²) in [4.78, 5) is 39.1. The highest BCUT2D eigenvalue weighted by atomic mass is 35.5. The Balaban J connectivity index is 1.63. The Morgan fingerprint density at radius 1 is 0.875 bits per heavy atom. The van der Waals surface area contributed by atoms with Crippen LogP contribution in [0.3, 0.4) is 0 Å². The van der Waals surface area contributed by atoms with Crippen molar-refractivity contribution in [2.24, 2.45) is 0 Å². The van der Waals surface area contributed by atoms with Crippen molar-refractivity contribution in [3.05, 3.63) is 119 Å². The predicted octanol–water partition coefficient (Wildman–Crippen LogP) is 9.01. The lowest BCUT2D eigenvalue weighted by atomic mass is 9.98. The molecule has 9 heteroatoms. The molecule has 0 amide bonds. The van der Waals surface area contributed by atoms with E-state index in [1.807, 2.05) is 23.1 Å². The highest BCUT2D eigenvalue weighted by molar-refractivity contribution is 7.81. The van der Waals surface area contributed by atoms with Crippen LogP contribution in [-0.2, 0) is 28.6 Å². The van der Waals surface area contributed by atoms with Crippen LogP contribution in [0, 0.1) is 0 Å². The Bertz CT molecular complexity index is 1350. The molecule has 7 nitrogen and oxygen atoms in total. The van der Waals surface area contributed by atoms with Crippen LogP contribution >= 0.6 is 24.2 Å². The normalized spacial score (nSPS) is 17.5. The summed E-state index contributed by atoms with van der Waals surface area (Å²) >= 11 is 11.0. The second-order valence-corrected chi connectivity index (χ2v) is 12.0. The Morgan fingerprint density at radius 3 is 2.00 bits per heavy atom. The molecule has 1 fully saturated rings. The Morgan fingerprint density at radius 2 is 1.44 bits per heavy atom. The van der Waals surface area contributed by atoms with E-state index in [0.29, 0.717) is 42.1 Å². The highest BCUT2D eigenvalue weighted by Crippen LogP contribution is 2.33. The number of carbonyl (C=O) groups is 3. The molecule has 1 aliphatic rings. The van der Waals surface area contributed by atoms with Crippen molar-refractivity contribution in [3.8, 4) is 0 Å². The number of methoxy groups -OCH3 is 1. The summed E-state index contributed by atoms with van der Waals surface area (Å²) in [7, 11) is 1.33. The standard InChI is InChI=1S/C39H50ClNO6S/c1-3-4-5-6-7-8-9-10-11-12-13-14-15-16-17-18-19-20-21-26-36(42)46-31-47-37(43)29-32-30-41(28-27-35(32)48)38(39(44)45-2)33-24-22-23-25-34(33)40/h4-5,7-8,10-11,13-14,16-17,19-20,22-25,29,35,38,48H,3,6,9,12,15,18,21,26-28,30-31H2,1-2H3/b5-4-,8-7-,11-10-,14-13-,17-16-,20-19-,32-29-/t35?,38-/m0/s1. The van der Waals surface area contributed by atoms with Crippen molar-refractivity contribution in [3.63, 3.8) is 0 Å². The van der Waals surface area contributed by atoms with Crippen LogP contribution in [0.25, 0.3) is 0 Å². The summed E-state index contributed by atoms with van der Waals surface area (Å²) in [6, 6.07) is 6.37. The first-order valence-corrected chi connectivity index (χ1v) is 17.4. The van der Waals surface area contributed by atoms with Crippen LogP contribution in [0.1, 0.15) is 76.3 Å². The van der Waals surface area contributed by atoms with Gasteiger partial charge in [-0.1, -0.05) is 110 Å². The second kappa shape index (κ2) is 25.4. The van der Waals surface area contributed by atoms with E-state index in [1.54, 1.807) is 18.2 Å². The van der Waals surface area contributed by atoms with Crippen molar-refractivity contribution in [2.75, 3.05) is 27.0 Å². The summed E-state index contributed by atoms with van der Waals surface area (Å²) in [5, 5.41) is 0.260. The smallest absolute Gasteiger partial charge is 0.333 e. The number of rotatable bonds is 20. The second-order valence-electron chi connectivity index (χ2n) is 11.0. The molecule has 0 aromatic heterocycles. The first-order valence-electron chi connectivity index (χ1n) is 16.5. The summed E-state index contributed by atoms with van der Waals surface area (Å²) in [6.45, 7) is 2.51. The number of halogens is 1. The number of allylic oxidation sites excluding steroid dienone is 12. The SMILES string of the molecule is CC/C=C\C/C=C\C/C=C\C/C=C\C/C=C\C/C=C\CCC(=O)OCOC(=O)/C=C1/CN([C@H](C(=O)OC)c2ccccc2Cl)CCC1S. The van der Waals surface area contributed by atoms with Crippen molar-refractivity contribution < 1.29 is 28.6 Å². The van der Waals surface area contributed by atoms with Crippen LogP contribution in [0.5, 0.6) is 0 Å². The first-order chi connectivity index (χ1) is 23.4. The molecule has 0 aliphatic carbocycles. The molecular formula is C39H50ClNO6S. The molecule has 2 rings (SSSR count). The monoisotopic (exact) mass is 695 g/mol. The van der Waals surface area contributed by atoms with Gasteiger partial charge in [-0.15, -0.1) is 0 Å². The lowest BCUT2D eigenvalue weighted by molar-refractivity contribution is -0.163. The van der Waals surface area contributed by atoms with Gasteiger partial charge in [0, 0.05) is 35.9 Å². The van der Waals surface area contributed by atoms with Crippen LogP contribution in [0.15, 0.2) is 109 Å². The maximum atomic E-state index is 12.7. The van der Waals surface area contributed by atoms with Crippen molar-refractivity contribution in [1.82, 2.24) is 4.90 Å². The predicted molar refractivity (Wildman–Crippen MR) is 198 cm³/mol. The van der Waals surface area contributed by atoms with E-state index in [-0.39, 0.29) is 11.7 Å². The molecule has 1 aliphatic heterocycles. The molecule has 1 saturated heterocycles. The molecule has 1 unspecified atom stereocenters. The zero-order valence-corrected chi connectivity index (χ0v) is 29.8. The third kappa shape index (κ3) is 17.0. The fourth-order valence-corrected chi connectivity index (χ4v) is 5.31. The topological polar surface area (TPSA) is 82.1 Å². The molecule has 1 aromatic rings. The molecule has 0 radical (unpaired) electrons. The molecule has 0 spiro atoms. The molecule has 0 N–H and O–H groups in total. The van der Waals surface area contributed by atoms with Gasteiger partial charge >= 0.3 is 17.9 Å². The number of esters is 3. The number of benzene rings is 1. The molecule has 260 valence electrons. The lowest BCUT2D eigenvalue weighted by Crippen LogP contribution is -2.42. The van der Waals surface area contributed by atoms with Gasteiger partial charge in [-0.2, -0.15) is 12.6 Å². The minimum absolute atomic E-state index is 0.186. The molecule has 48 heavy (non-hydrogen) atoms. The van der Waals surface area contributed by atoms with Gasteiger partial charge in [0.15, 0.2) is 0 Å². The third-order valence-electron chi connectivity index (χ3n) is 7.33. The van der Waals surface area contributed by atoms with E-state index >= 15 is 0 Å². The van der Waals surface area contributed by atoms with E-state index in [4.69, 9.17) is 25.8 Å². The number of thiol groups is 1. The van der Waals surface area contributed by atoms with Gasteiger partial charge in [0.2, 0.25) is 6.79 Å². The van der Waals surface area contributed by atoms with E-state index in [9.17, 15) is 14.4 Å². The van der Waals surface area contributed by atoms with E-state index in [0.717, 1.165) is 38.5 Å². The molecule has 2 atom stereocenters. The number of hydrogen-bond acceptors (Lipinski definition) is 8. The Hall–Kier alpha value is -3.59. The molecular weight excluding hydrogens is 646 g/mol. The van der Waals surface area contributed by atoms with Gasteiger partial charge in [-0.3, -0.25) is 9.69 Å². The number of hydrogen-bond donors (Lipinski definition) is 1. The lowest BCUT2D eigenvalue weighted by Gasteiger charge is -2.36. The fourth-order valence-electron chi connectivity index (χ4n) is 4.80. The number of piperidine rings is 1. The number of nitrogens with zero attached hydrogens (tertiary/aromatic N) is 1. The number of ether oxygens (including phenoxy) is 3. The fraction of sp³-hybridized carbons (Fsp3) is 0.410. The molecule has 0 saturated carbocycles. The van der Waals surface area contributed by atoms with Crippen molar-refractivity contribution in [2.45, 2.75) is 76.0 Å². The Kier molecular flexibility index (Phi) is 21.5. The van der Waals surface area contributed by atoms with Gasteiger partial charge in [0.05, 0.1) is 7.11 Å². The van der Waals surface area contributed by atoms with Gasteiger partial charge < -0.3 is 14.2 Å². The van der Waals surface area contributed by atoms with Crippen LogP contribution in [0.4, 0.5) is 0 Å². The van der Waals surface area contributed by atoms with Crippen LogP contribution in [0.2, 0.25) is 5.02 Å². The molecule has 0 bridgehead atoms. The summed E-state index contributed by atoms with van der Waals surface area (Å²) in [5.41, 5.74) is 1.31. The maximum absolute atomic E-state index is 12.7. The van der Waals surface area contributed by atoms with Crippen molar-refractivity contribution >= 4 is 42.1 Å². The Labute approximate surface area is 297 Å². The van der Waals surface area contributed by atoms with Gasteiger partial charge in [-0.05, 0) is 68.6 Å². The van der Waals surface area contributed by atoms with Gasteiger partial charge in [0.25, 0.3) is 0 Å². The average molecular weight is 696 g/mol. The molecule has 1 heterocycles. The van der Waals surface area contributed by atoms with Gasteiger partial charge in [0.1, 0.15) is 6.04 Å². The summed E-state index contributed by atoms with van der Waals surface area (Å²) in [6.07, 6.45) is 33.9. The summed E-state index contributed by atoms with van der Waals surface area (Å²) in [5.74, 6) is -1.55. The van der Waals surface area contributed by atoms with Crippen LogP contribution in [-0.4, -0.2) is 55.1 Å². The minimum Gasteiger partial charge on any atom is -0.468 e. The average Bonchev–Trinajstić information content (AvgIpc) is 3.08. The largest absolute Gasteiger partial charge is 0.468 e. The number of likely N-dealkylation sites (tertiary alicyclic amines) is 1. The van der Waals surface area contributed by atoms with Crippen molar-refractivity contribution in [1.29, 1.82) is 0 Å². The minimum atomic E-state index is -0.730. The zero-order chi connectivity index (χ0) is 34.8. The molecule has 1 aromatic carbocycles. The zero-order valence-electron chi connectivity index (χ0n) is 28.2. The van der Waals surface area contributed by atoms with E-state index in [2.05, 4.69) is 80.3 Å².